The van der Waals surface area contributed by atoms with Crippen LogP contribution in [0.5, 0.6) is 5.75 Å². The molecule has 3 aromatic carbocycles. The molecule has 0 aromatic heterocycles. The highest BCUT2D eigenvalue weighted by atomic mass is 35.5. The second kappa shape index (κ2) is 8.91. The fourth-order valence-corrected chi connectivity index (χ4v) is 3.44. The molecule has 31 heavy (non-hydrogen) atoms. The zero-order chi connectivity index (χ0) is 21.8. The quantitative estimate of drug-likeness (QED) is 0.357. The molecule has 0 aliphatic carbocycles. The van der Waals surface area contributed by atoms with Gasteiger partial charge in [0.25, 0.3) is 5.91 Å². The number of halogens is 1. The first kappa shape index (κ1) is 20.5. The van der Waals surface area contributed by atoms with Crippen molar-refractivity contribution in [3.8, 4) is 17.6 Å². The zero-order valence-corrected chi connectivity index (χ0v) is 17.5. The lowest BCUT2D eigenvalue weighted by Crippen LogP contribution is -2.27. The number of carbonyl (C=O) groups excluding carboxylic acids is 2. The van der Waals surface area contributed by atoms with Gasteiger partial charge in [0, 0.05) is 22.6 Å². The summed E-state index contributed by atoms with van der Waals surface area (Å²) >= 11 is 6.01. The van der Waals surface area contributed by atoms with Crippen molar-refractivity contribution in [2.24, 2.45) is 0 Å². The second-order valence-electron chi connectivity index (χ2n) is 6.98. The van der Waals surface area contributed by atoms with Crippen LogP contribution in [0.2, 0.25) is 5.02 Å². The largest absolute Gasteiger partial charge is 0.497 e. The summed E-state index contributed by atoms with van der Waals surface area (Å²) in [6.45, 7) is 0. The predicted molar refractivity (Wildman–Crippen MR) is 122 cm³/mol. The topological polar surface area (TPSA) is 55.4 Å². The third-order valence-electron chi connectivity index (χ3n) is 4.85. The zero-order valence-electron chi connectivity index (χ0n) is 16.7. The molecule has 0 fully saturated rings. The third-order valence-corrected chi connectivity index (χ3v) is 5.08. The monoisotopic (exact) mass is 427 g/mol. The number of nitrogens with one attached hydrogen (secondary N) is 1. The second-order valence-corrected chi connectivity index (χ2v) is 7.42. The van der Waals surface area contributed by atoms with Crippen LogP contribution in [0.15, 0.2) is 72.3 Å². The Bertz CT molecular complexity index is 1260. The van der Waals surface area contributed by atoms with E-state index in [1.54, 1.807) is 55.7 Å². The number of ether oxygens (including phenoxy) is 1. The standard InChI is InChI=1S/C26H18ClNO3/c1-31-21-11-8-17(9-12-21)4-2-5-18-10-13-24-22(15-18)25(29)23(26(30)28-24)16-19-6-3-7-20(27)14-19/h3,6-16H,4H2,1H3,(H,28,30)/b23-16-. The molecule has 0 radical (unpaired) electrons. The molecule has 0 saturated carbocycles. The SMILES string of the molecule is COc1ccc(CC#Cc2ccc3c(c2)C(=O)/C(=C/c2cccc(Cl)c2)C(=O)N3)cc1. The summed E-state index contributed by atoms with van der Waals surface area (Å²) in [5, 5.41) is 3.31. The molecule has 4 nitrogen and oxygen atoms in total. The molecule has 1 heterocycles. The summed E-state index contributed by atoms with van der Waals surface area (Å²) in [6, 6.07) is 19.9. The highest BCUT2D eigenvalue weighted by molar-refractivity contribution is 6.36. The number of anilines is 1. The summed E-state index contributed by atoms with van der Waals surface area (Å²) < 4.78 is 5.16. The Kier molecular flexibility index (Phi) is 5.88. The Labute approximate surface area is 185 Å². The molecule has 1 amide bonds. The fourth-order valence-electron chi connectivity index (χ4n) is 3.24. The molecule has 152 valence electrons. The maximum atomic E-state index is 13.0. The lowest BCUT2D eigenvalue weighted by Gasteiger charge is -2.18. The first-order valence-electron chi connectivity index (χ1n) is 9.62. The van der Waals surface area contributed by atoms with Crippen LogP contribution in [0.4, 0.5) is 5.69 Å². The Morgan fingerprint density at radius 1 is 1.03 bits per heavy atom. The number of hydrogen-bond acceptors (Lipinski definition) is 3. The maximum absolute atomic E-state index is 13.0. The van der Waals surface area contributed by atoms with Gasteiger partial charge in [-0.3, -0.25) is 9.59 Å². The van der Waals surface area contributed by atoms with Gasteiger partial charge in [-0.1, -0.05) is 47.7 Å². The lowest BCUT2D eigenvalue weighted by molar-refractivity contribution is -0.112. The van der Waals surface area contributed by atoms with Crippen LogP contribution in [0.3, 0.4) is 0 Å². The highest BCUT2D eigenvalue weighted by Crippen LogP contribution is 2.28. The van der Waals surface area contributed by atoms with E-state index in [0.29, 0.717) is 33.8 Å². The van der Waals surface area contributed by atoms with Crippen molar-refractivity contribution in [3.05, 3.63) is 99.6 Å². The van der Waals surface area contributed by atoms with E-state index in [4.69, 9.17) is 16.3 Å². The van der Waals surface area contributed by atoms with Crippen molar-refractivity contribution >= 4 is 35.1 Å². The number of benzene rings is 3. The third kappa shape index (κ3) is 4.69. The minimum Gasteiger partial charge on any atom is -0.497 e. The molecule has 4 rings (SSSR count). The van der Waals surface area contributed by atoms with E-state index in [0.717, 1.165) is 11.3 Å². The van der Waals surface area contributed by atoms with Crippen LogP contribution < -0.4 is 10.1 Å². The Morgan fingerprint density at radius 2 is 1.84 bits per heavy atom. The van der Waals surface area contributed by atoms with Crippen molar-refractivity contribution in [2.45, 2.75) is 6.42 Å². The Balaban J connectivity index is 1.58. The van der Waals surface area contributed by atoms with Gasteiger partial charge in [0.05, 0.1) is 18.4 Å². The summed E-state index contributed by atoms with van der Waals surface area (Å²) in [5.41, 5.74) is 3.44. The van der Waals surface area contributed by atoms with Crippen LogP contribution in [0.1, 0.15) is 27.0 Å². The number of rotatable bonds is 3. The lowest BCUT2D eigenvalue weighted by atomic mass is 9.94. The van der Waals surface area contributed by atoms with Gasteiger partial charge in [0.2, 0.25) is 5.78 Å². The van der Waals surface area contributed by atoms with Gasteiger partial charge in [0.1, 0.15) is 5.75 Å². The van der Waals surface area contributed by atoms with Crippen molar-refractivity contribution in [1.29, 1.82) is 0 Å². The van der Waals surface area contributed by atoms with E-state index in [9.17, 15) is 9.59 Å². The van der Waals surface area contributed by atoms with Crippen LogP contribution in [-0.4, -0.2) is 18.8 Å². The number of hydrogen-bond donors (Lipinski definition) is 1. The molecule has 0 unspecified atom stereocenters. The number of methoxy groups -OCH3 is 1. The van der Waals surface area contributed by atoms with Crippen molar-refractivity contribution in [1.82, 2.24) is 0 Å². The number of fused-ring (bicyclic) bond motifs is 1. The minimum atomic E-state index is -0.434. The van der Waals surface area contributed by atoms with Crippen LogP contribution in [0.25, 0.3) is 6.08 Å². The van der Waals surface area contributed by atoms with Gasteiger partial charge in [0.15, 0.2) is 0 Å². The molecule has 0 bridgehead atoms. The van der Waals surface area contributed by atoms with Gasteiger partial charge in [-0.25, -0.2) is 0 Å². The van der Waals surface area contributed by atoms with E-state index in [1.165, 1.54) is 0 Å². The van der Waals surface area contributed by atoms with Crippen molar-refractivity contribution in [2.75, 3.05) is 12.4 Å². The minimum absolute atomic E-state index is 0.0677. The molecule has 1 aliphatic heterocycles. The molecular weight excluding hydrogens is 410 g/mol. The number of Topliss-reactive ketones (excluding diaryl/α,β-unsaturated/α-hetero) is 1. The normalized spacial score (nSPS) is 13.8. The van der Waals surface area contributed by atoms with E-state index < -0.39 is 5.91 Å². The first-order chi connectivity index (χ1) is 15.0. The average molecular weight is 428 g/mol. The smallest absolute Gasteiger partial charge is 0.259 e. The van der Waals surface area contributed by atoms with Gasteiger partial charge < -0.3 is 10.1 Å². The first-order valence-corrected chi connectivity index (χ1v) is 10.0. The summed E-state index contributed by atoms with van der Waals surface area (Å²) in [6.07, 6.45) is 2.13. The molecular formula is C26H18ClNO3. The van der Waals surface area contributed by atoms with Gasteiger partial charge >= 0.3 is 0 Å². The molecule has 5 heteroatoms. The van der Waals surface area contributed by atoms with Gasteiger partial charge in [-0.05, 0) is 59.7 Å². The fraction of sp³-hybridized carbons (Fsp3) is 0.0769. The highest BCUT2D eigenvalue weighted by Gasteiger charge is 2.28. The van der Waals surface area contributed by atoms with Crippen LogP contribution in [0, 0.1) is 11.8 Å². The summed E-state index contributed by atoms with van der Waals surface area (Å²) in [5.74, 6) is 6.25. The Morgan fingerprint density at radius 3 is 2.58 bits per heavy atom. The van der Waals surface area contributed by atoms with E-state index in [2.05, 4.69) is 17.2 Å². The number of carbonyl (C=O) groups is 2. The Hall–Kier alpha value is -3.81. The average Bonchev–Trinajstić information content (AvgIpc) is 2.77. The van der Waals surface area contributed by atoms with E-state index in [-0.39, 0.29) is 11.4 Å². The predicted octanol–water partition coefficient (Wildman–Crippen LogP) is 5.16. The molecule has 3 aromatic rings. The van der Waals surface area contributed by atoms with Crippen molar-refractivity contribution < 1.29 is 14.3 Å². The number of amides is 1. The summed E-state index contributed by atoms with van der Waals surface area (Å²) in [4.78, 5) is 25.4. The van der Waals surface area contributed by atoms with E-state index in [1.807, 2.05) is 24.3 Å². The van der Waals surface area contributed by atoms with Crippen molar-refractivity contribution in [3.63, 3.8) is 0 Å². The van der Waals surface area contributed by atoms with Crippen LogP contribution in [-0.2, 0) is 11.2 Å². The van der Waals surface area contributed by atoms with E-state index >= 15 is 0 Å². The molecule has 1 aliphatic rings. The van der Waals surface area contributed by atoms with Crippen LogP contribution >= 0.6 is 11.6 Å². The molecule has 0 spiro atoms. The van der Waals surface area contributed by atoms with Gasteiger partial charge in [-0.15, -0.1) is 0 Å². The molecule has 0 saturated heterocycles. The van der Waals surface area contributed by atoms with Gasteiger partial charge in [-0.2, -0.15) is 0 Å². The number of ketones is 1. The summed E-state index contributed by atoms with van der Waals surface area (Å²) in [7, 11) is 1.63. The molecule has 0 atom stereocenters. The molecule has 1 N–H and O–H groups in total. The maximum Gasteiger partial charge on any atom is 0.259 e.